The highest BCUT2D eigenvalue weighted by Crippen LogP contribution is 2.39. The molecule has 0 bridgehead atoms. The lowest BCUT2D eigenvalue weighted by Gasteiger charge is -2.20. The van der Waals surface area contributed by atoms with Crippen molar-refractivity contribution < 1.29 is 0 Å². The van der Waals surface area contributed by atoms with E-state index in [0.717, 1.165) is 36.0 Å². The van der Waals surface area contributed by atoms with E-state index in [2.05, 4.69) is 48.5 Å². The van der Waals surface area contributed by atoms with Crippen LogP contribution in [0.3, 0.4) is 0 Å². The summed E-state index contributed by atoms with van der Waals surface area (Å²) in [5.74, 6) is 3.49. The van der Waals surface area contributed by atoms with Crippen molar-refractivity contribution in [2.24, 2.45) is 0 Å². The first-order chi connectivity index (χ1) is 9.51. The molecule has 1 atom stereocenters. The third-order valence-corrected chi connectivity index (χ3v) is 3.73. The van der Waals surface area contributed by atoms with Gasteiger partial charge in [-0.25, -0.2) is 9.97 Å². The standard InChI is InChI=1S/C15H27N5/c1-10(8-9-20(4)5)17-14-11(2)13(16-3)18-15(19-14)12-6-7-12/h10,12H,6-9H2,1-5H3,(H2,16,17,18,19). The molecule has 0 spiro atoms. The minimum atomic E-state index is 0.405. The van der Waals surface area contributed by atoms with E-state index in [9.17, 15) is 0 Å². The van der Waals surface area contributed by atoms with Gasteiger partial charge in [0.25, 0.3) is 0 Å². The highest BCUT2D eigenvalue weighted by molar-refractivity contribution is 5.57. The van der Waals surface area contributed by atoms with Gasteiger partial charge in [-0.15, -0.1) is 0 Å². The van der Waals surface area contributed by atoms with Crippen LogP contribution in [0, 0.1) is 6.92 Å². The first-order valence-corrected chi connectivity index (χ1v) is 7.48. The minimum absolute atomic E-state index is 0.405. The van der Waals surface area contributed by atoms with Gasteiger partial charge in [0.15, 0.2) is 0 Å². The van der Waals surface area contributed by atoms with E-state index in [1.165, 1.54) is 12.8 Å². The van der Waals surface area contributed by atoms with Crippen molar-refractivity contribution in [1.29, 1.82) is 0 Å². The van der Waals surface area contributed by atoms with Crippen molar-refractivity contribution in [3.63, 3.8) is 0 Å². The Morgan fingerprint density at radius 2 is 1.90 bits per heavy atom. The van der Waals surface area contributed by atoms with E-state index in [-0.39, 0.29) is 0 Å². The predicted octanol–water partition coefficient (Wildman–Crippen LogP) is 2.46. The van der Waals surface area contributed by atoms with E-state index in [1.54, 1.807) is 0 Å². The van der Waals surface area contributed by atoms with Crippen LogP contribution in [0.4, 0.5) is 11.6 Å². The molecular weight excluding hydrogens is 250 g/mol. The molecule has 1 aromatic rings. The summed E-state index contributed by atoms with van der Waals surface area (Å²) < 4.78 is 0. The first-order valence-electron chi connectivity index (χ1n) is 7.48. The Balaban J connectivity index is 2.10. The molecule has 1 unspecified atom stereocenters. The van der Waals surface area contributed by atoms with Gasteiger partial charge in [0, 0.05) is 24.6 Å². The summed E-state index contributed by atoms with van der Waals surface area (Å²) in [6.45, 7) is 5.36. The third-order valence-electron chi connectivity index (χ3n) is 3.73. The first kappa shape index (κ1) is 15.0. The van der Waals surface area contributed by atoms with Gasteiger partial charge in [0.2, 0.25) is 0 Å². The smallest absolute Gasteiger partial charge is 0.136 e. The molecule has 20 heavy (non-hydrogen) atoms. The van der Waals surface area contributed by atoms with Crippen molar-refractivity contribution >= 4 is 11.6 Å². The summed E-state index contributed by atoms with van der Waals surface area (Å²) in [7, 11) is 6.13. The Morgan fingerprint density at radius 3 is 2.45 bits per heavy atom. The van der Waals surface area contributed by atoms with E-state index in [1.807, 2.05) is 7.05 Å². The van der Waals surface area contributed by atoms with Gasteiger partial charge in [-0.3, -0.25) is 0 Å². The van der Waals surface area contributed by atoms with Crippen LogP contribution in [0.2, 0.25) is 0 Å². The molecular formula is C15H27N5. The Morgan fingerprint density at radius 1 is 1.25 bits per heavy atom. The lowest BCUT2D eigenvalue weighted by Crippen LogP contribution is -2.24. The van der Waals surface area contributed by atoms with Crippen molar-refractivity contribution in [1.82, 2.24) is 14.9 Å². The summed E-state index contributed by atoms with van der Waals surface area (Å²) >= 11 is 0. The fourth-order valence-corrected chi connectivity index (χ4v) is 2.20. The summed E-state index contributed by atoms with van der Waals surface area (Å²) in [6, 6.07) is 0.405. The number of nitrogens with one attached hydrogen (secondary N) is 2. The lowest BCUT2D eigenvalue weighted by molar-refractivity contribution is 0.390. The molecule has 0 aromatic carbocycles. The van der Waals surface area contributed by atoms with E-state index >= 15 is 0 Å². The van der Waals surface area contributed by atoms with Gasteiger partial charge in [0.1, 0.15) is 17.5 Å². The SMILES string of the molecule is CNc1nc(C2CC2)nc(NC(C)CCN(C)C)c1C. The quantitative estimate of drug-likeness (QED) is 0.802. The average molecular weight is 277 g/mol. The molecule has 0 radical (unpaired) electrons. The van der Waals surface area contributed by atoms with Gasteiger partial charge in [-0.05, 0) is 53.8 Å². The largest absolute Gasteiger partial charge is 0.373 e. The van der Waals surface area contributed by atoms with Crippen LogP contribution >= 0.6 is 0 Å². The maximum Gasteiger partial charge on any atom is 0.136 e. The topological polar surface area (TPSA) is 53.1 Å². The summed E-state index contributed by atoms with van der Waals surface area (Å²) in [5.41, 5.74) is 1.11. The van der Waals surface area contributed by atoms with Gasteiger partial charge < -0.3 is 15.5 Å². The highest BCUT2D eigenvalue weighted by Gasteiger charge is 2.28. The van der Waals surface area contributed by atoms with Gasteiger partial charge >= 0.3 is 0 Å². The number of anilines is 2. The van der Waals surface area contributed by atoms with Crippen molar-refractivity contribution in [3.05, 3.63) is 11.4 Å². The van der Waals surface area contributed by atoms with E-state index in [0.29, 0.717) is 12.0 Å². The van der Waals surface area contributed by atoms with E-state index < -0.39 is 0 Å². The summed E-state index contributed by atoms with van der Waals surface area (Å²) in [5, 5.41) is 6.73. The molecule has 5 nitrogen and oxygen atoms in total. The zero-order valence-corrected chi connectivity index (χ0v) is 13.3. The molecule has 1 aliphatic rings. The second kappa shape index (κ2) is 6.39. The molecule has 1 heterocycles. The number of rotatable bonds is 7. The molecule has 1 aromatic heterocycles. The Bertz CT molecular complexity index is 454. The van der Waals surface area contributed by atoms with Crippen LogP contribution in [-0.4, -0.2) is 48.6 Å². The molecule has 1 aliphatic carbocycles. The number of nitrogens with zero attached hydrogens (tertiary/aromatic N) is 3. The second-order valence-electron chi connectivity index (χ2n) is 6.07. The molecule has 2 rings (SSSR count). The molecule has 0 aliphatic heterocycles. The second-order valence-corrected chi connectivity index (χ2v) is 6.07. The van der Waals surface area contributed by atoms with E-state index in [4.69, 9.17) is 4.98 Å². The Kier molecular flexibility index (Phi) is 4.81. The summed E-state index contributed by atoms with van der Waals surface area (Å²) in [4.78, 5) is 11.6. The highest BCUT2D eigenvalue weighted by atomic mass is 15.1. The van der Waals surface area contributed by atoms with Crippen molar-refractivity contribution in [2.45, 2.75) is 45.1 Å². The van der Waals surface area contributed by atoms with Crippen LogP contribution in [-0.2, 0) is 0 Å². The lowest BCUT2D eigenvalue weighted by atomic mass is 10.2. The molecule has 0 amide bonds. The summed E-state index contributed by atoms with van der Waals surface area (Å²) in [6.07, 6.45) is 3.55. The van der Waals surface area contributed by atoms with Crippen LogP contribution in [0.5, 0.6) is 0 Å². The molecule has 2 N–H and O–H groups in total. The van der Waals surface area contributed by atoms with Gasteiger partial charge in [-0.1, -0.05) is 0 Å². The molecule has 1 saturated carbocycles. The maximum absolute atomic E-state index is 4.73. The Labute approximate surface area is 122 Å². The maximum atomic E-state index is 4.73. The number of hydrogen-bond donors (Lipinski definition) is 2. The van der Waals surface area contributed by atoms with Gasteiger partial charge in [0.05, 0.1) is 0 Å². The predicted molar refractivity (Wildman–Crippen MR) is 84.5 cm³/mol. The monoisotopic (exact) mass is 277 g/mol. The normalized spacial score (nSPS) is 16.3. The molecule has 112 valence electrons. The number of hydrogen-bond acceptors (Lipinski definition) is 5. The van der Waals surface area contributed by atoms with Crippen LogP contribution in [0.15, 0.2) is 0 Å². The molecule has 1 fully saturated rings. The zero-order chi connectivity index (χ0) is 14.7. The fraction of sp³-hybridized carbons (Fsp3) is 0.733. The average Bonchev–Trinajstić information content (AvgIpc) is 3.23. The zero-order valence-electron chi connectivity index (χ0n) is 13.3. The molecule has 0 saturated heterocycles. The number of aromatic nitrogens is 2. The van der Waals surface area contributed by atoms with Crippen molar-refractivity contribution in [3.8, 4) is 0 Å². The fourth-order valence-electron chi connectivity index (χ4n) is 2.20. The molecule has 5 heteroatoms. The third kappa shape index (κ3) is 3.82. The van der Waals surface area contributed by atoms with Crippen LogP contribution in [0.25, 0.3) is 0 Å². The van der Waals surface area contributed by atoms with Crippen LogP contribution in [0.1, 0.15) is 43.5 Å². The Hall–Kier alpha value is -1.36. The van der Waals surface area contributed by atoms with Gasteiger partial charge in [-0.2, -0.15) is 0 Å². The van der Waals surface area contributed by atoms with Crippen LogP contribution < -0.4 is 10.6 Å². The minimum Gasteiger partial charge on any atom is -0.373 e. The van der Waals surface area contributed by atoms with Crippen molar-refractivity contribution in [2.75, 3.05) is 38.3 Å².